The van der Waals surface area contributed by atoms with Gasteiger partial charge in [-0.25, -0.2) is 4.79 Å². The summed E-state index contributed by atoms with van der Waals surface area (Å²) < 4.78 is 5.11. The average Bonchev–Trinajstić information content (AvgIpc) is 2.54. The van der Waals surface area contributed by atoms with Gasteiger partial charge in [0.1, 0.15) is 0 Å². The number of nitrogens with zero attached hydrogens (tertiary/aromatic N) is 1. The summed E-state index contributed by atoms with van der Waals surface area (Å²) in [7, 11) is 0. The first-order chi connectivity index (χ1) is 11.3. The van der Waals surface area contributed by atoms with Gasteiger partial charge in [-0.1, -0.05) is 17.7 Å². The summed E-state index contributed by atoms with van der Waals surface area (Å²) in [5.41, 5.74) is 0.626. The highest BCUT2D eigenvalue weighted by Gasteiger charge is 2.22. The lowest BCUT2D eigenvalue weighted by molar-refractivity contribution is -0.385. The largest absolute Gasteiger partial charge is 0.451 e. The molecule has 0 N–H and O–H groups in total. The molecule has 0 aliphatic rings. The molecule has 6 nitrogen and oxygen atoms in total. The van der Waals surface area contributed by atoms with Crippen molar-refractivity contribution in [3.05, 3.63) is 74.3 Å². The van der Waals surface area contributed by atoms with Crippen LogP contribution in [0.1, 0.15) is 33.2 Å². The van der Waals surface area contributed by atoms with Crippen LogP contribution in [0.2, 0.25) is 5.02 Å². The number of nitro groups is 1. The van der Waals surface area contributed by atoms with Crippen molar-refractivity contribution in [1.82, 2.24) is 0 Å². The smallest absolute Gasteiger partial charge is 0.339 e. The molecule has 1 atom stereocenters. The van der Waals surface area contributed by atoms with Gasteiger partial charge >= 0.3 is 5.97 Å². The number of aryl methyl sites for hydroxylation is 1. The second kappa shape index (κ2) is 7.23. The Kier molecular flexibility index (Phi) is 5.31. The van der Waals surface area contributed by atoms with Gasteiger partial charge < -0.3 is 4.74 Å². The Morgan fingerprint density at radius 1 is 1.12 bits per heavy atom. The maximum atomic E-state index is 12.2. The van der Waals surface area contributed by atoms with Crippen LogP contribution in [0.5, 0.6) is 0 Å². The van der Waals surface area contributed by atoms with Crippen LogP contribution in [0, 0.1) is 17.0 Å². The molecule has 0 saturated carbocycles. The third kappa shape index (κ3) is 3.97. The second-order valence-corrected chi connectivity index (χ2v) is 5.61. The highest BCUT2D eigenvalue weighted by molar-refractivity contribution is 6.30. The van der Waals surface area contributed by atoms with Crippen molar-refractivity contribution in [2.24, 2.45) is 0 Å². The SMILES string of the molecule is Cc1ccc(C(=O)OC(C)C(=O)c2ccc(Cl)cc2)cc1[N+](=O)[O-]. The number of carbonyl (C=O) groups excluding carboxylic acids is 2. The third-order valence-corrected chi connectivity index (χ3v) is 3.68. The van der Waals surface area contributed by atoms with Crippen molar-refractivity contribution in [1.29, 1.82) is 0 Å². The van der Waals surface area contributed by atoms with Gasteiger partial charge in [-0.15, -0.1) is 0 Å². The minimum atomic E-state index is -1.03. The predicted molar refractivity (Wildman–Crippen MR) is 88.5 cm³/mol. The zero-order valence-corrected chi connectivity index (χ0v) is 13.7. The van der Waals surface area contributed by atoms with Gasteiger partial charge in [-0.05, 0) is 44.2 Å². The molecule has 0 aliphatic heterocycles. The lowest BCUT2D eigenvalue weighted by Crippen LogP contribution is -2.24. The summed E-state index contributed by atoms with van der Waals surface area (Å²) in [4.78, 5) is 34.7. The van der Waals surface area contributed by atoms with Gasteiger partial charge in [0, 0.05) is 22.2 Å². The summed E-state index contributed by atoms with van der Waals surface area (Å²) in [6, 6.07) is 10.2. The zero-order valence-electron chi connectivity index (χ0n) is 13.0. The first-order valence-corrected chi connectivity index (χ1v) is 7.43. The molecule has 0 aromatic heterocycles. The number of ether oxygens (including phenoxy) is 1. The van der Waals surface area contributed by atoms with E-state index < -0.39 is 17.0 Å². The van der Waals surface area contributed by atoms with E-state index in [1.807, 2.05) is 0 Å². The number of nitro benzene ring substituents is 1. The Hall–Kier alpha value is -2.73. The highest BCUT2D eigenvalue weighted by Crippen LogP contribution is 2.20. The number of Topliss-reactive ketones (excluding diaryl/α,β-unsaturated/α-hetero) is 1. The first kappa shape index (κ1) is 17.6. The molecule has 24 heavy (non-hydrogen) atoms. The molecule has 124 valence electrons. The van der Waals surface area contributed by atoms with Gasteiger partial charge in [0.05, 0.1) is 10.5 Å². The Morgan fingerprint density at radius 3 is 2.29 bits per heavy atom. The van der Waals surface area contributed by atoms with Crippen LogP contribution in [0.15, 0.2) is 42.5 Å². The molecule has 0 amide bonds. The van der Waals surface area contributed by atoms with Crippen LogP contribution in [0.3, 0.4) is 0 Å². The Morgan fingerprint density at radius 2 is 1.71 bits per heavy atom. The van der Waals surface area contributed by atoms with E-state index in [9.17, 15) is 19.7 Å². The van der Waals surface area contributed by atoms with Gasteiger partial charge in [0.25, 0.3) is 5.69 Å². The average molecular weight is 348 g/mol. The topological polar surface area (TPSA) is 86.5 Å². The number of ketones is 1. The predicted octanol–water partition coefficient (Wildman–Crippen LogP) is 3.98. The molecular weight excluding hydrogens is 334 g/mol. The summed E-state index contributed by atoms with van der Waals surface area (Å²) in [6.07, 6.45) is -1.03. The molecule has 0 spiro atoms. The molecule has 0 saturated heterocycles. The van der Waals surface area contributed by atoms with Crippen LogP contribution in [0.4, 0.5) is 5.69 Å². The fraction of sp³-hybridized carbons (Fsp3) is 0.176. The molecule has 0 radical (unpaired) electrons. The van der Waals surface area contributed by atoms with Crippen molar-refractivity contribution in [3.63, 3.8) is 0 Å². The number of hydrogen-bond acceptors (Lipinski definition) is 5. The van der Waals surface area contributed by atoms with Crippen molar-refractivity contribution in [2.75, 3.05) is 0 Å². The molecular formula is C17H14ClNO5. The number of carbonyl (C=O) groups is 2. The van der Waals surface area contributed by atoms with E-state index in [0.717, 1.165) is 6.07 Å². The Labute approximate surface area is 143 Å². The standard InChI is InChI=1S/C17H14ClNO5/c1-10-3-4-13(9-15(10)19(22)23)17(21)24-11(2)16(20)12-5-7-14(18)8-6-12/h3-9,11H,1-2H3. The number of benzene rings is 2. The van der Waals surface area contributed by atoms with Crippen molar-refractivity contribution in [2.45, 2.75) is 20.0 Å². The van der Waals surface area contributed by atoms with Crippen molar-refractivity contribution >= 4 is 29.0 Å². The molecule has 2 rings (SSSR count). The maximum Gasteiger partial charge on any atom is 0.339 e. The van der Waals surface area contributed by atoms with E-state index in [1.165, 1.54) is 31.2 Å². The fourth-order valence-electron chi connectivity index (χ4n) is 2.06. The number of esters is 1. The van der Waals surface area contributed by atoms with Crippen LogP contribution in [-0.4, -0.2) is 22.8 Å². The van der Waals surface area contributed by atoms with Gasteiger partial charge in [-0.2, -0.15) is 0 Å². The monoisotopic (exact) mass is 347 g/mol. The third-order valence-electron chi connectivity index (χ3n) is 3.42. The molecule has 2 aromatic rings. The van der Waals surface area contributed by atoms with Crippen LogP contribution >= 0.6 is 11.6 Å². The Balaban J connectivity index is 2.14. The Bertz CT molecular complexity index is 801. The molecule has 2 aromatic carbocycles. The van der Waals surface area contributed by atoms with E-state index in [0.29, 0.717) is 16.1 Å². The lowest BCUT2D eigenvalue weighted by Gasteiger charge is -2.12. The van der Waals surface area contributed by atoms with Gasteiger partial charge in [-0.3, -0.25) is 14.9 Å². The summed E-state index contributed by atoms with van der Waals surface area (Å²) in [6.45, 7) is 3.01. The fourth-order valence-corrected chi connectivity index (χ4v) is 2.19. The minimum Gasteiger partial charge on any atom is -0.451 e. The maximum absolute atomic E-state index is 12.2. The lowest BCUT2D eigenvalue weighted by atomic mass is 10.1. The quantitative estimate of drug-likeness (QED) is 0.353. The molecule has 1 unspecified atom stereocenters. The van der Waals surface area contributed by atoms with Crippen molar-refractivity contribution < 1.29 is 19.2 Å². The number of rotatable bonds is 5. The molecule has 0 heterocycles. The van der Waals surface area contributed by atoms with E-state index in [1.54, 1.807) is 19.1 Å². The molecule has 7 heteroatoms. The van der Waals surface area contributed by atoms with E-state index in [4.69, 9.17) is 16.3 Å². The summed E-state index contributed by atoms with van der Waals surface area (Å²) >= 11 is 5.76. The number of hydrogen-bond donors (Lipinski definition) is 0. The van der Waals surface area contributed by atoms with Gasteiger partial charge in [0.2, 0.25) is 5.78 Å². The first-order valence-electron chi connectivity index (χ1n) is 7.05. The minimum absolute atomic E-state index is 0.0167. The molecule has 0 bridgehead atoms. The van der Waals surface area contributed by atoms with Gasteiger partial charge in [0.15, 0.2) is 6.10 Å². The summed E-state index contributed by atoms with van der Waals surface area (Å²) in [5.74, 6) is -1.19. The van der Waals surface area contributed by atoms with E-state index >= 15 is 0 Å². The second-order valence-electron chi connectivity index (χ2n) is 5.18. The summed E-state index contributed by atoms with van der Waals surface area (Å²) in [5, 5.41) is 11.4. The zero-order chi connectivity index (χ0) is 17.9. The van der Waals surface area contributed by atoms with E-state index in [-0.39, 0.29) is 17.0 Å². The normalized spacial score (nSPS) is 11.6. The van der Waals surface area contributed by atoms with Crippen LogP contribution < -0.4 is 0 Å². The number of halogens is 1. The van der Waals surface area contributed by atoms with Crippen molar-refractivity contribution in [3.8, 4) is 0 Å². The van der Waals surface area contributed by atoms with Crippen LogP contribution in [-0.2, 0) is 4.74 Å². The van der Waals surface area contributed by atoms with Crippen LogP contribution in [0.25, 0.3) is 0 Å². The molecule has 0 fully saturated rings. The highest BCUT2D eigenvalue weighted by atomic mass is 35.5. The molecule has 0 aliphatic carbocycles. The van der Waals surface area contributed by atoms with E-state index in [2.05, 4.69) is 0 Å².